The Labute approximate surface area is 347 Å². The Balaban J connectivity index is 1.10. The number of aromatic nitrogens is 4. The second-order valence-corrected chi connectivity index (χ2v) is 16.7. The summed E-state index contributed by atoms with van der Waals surface area (Å²) in [5.74, 6) is 0.814. The molecule has 9 aromatic carbocycles. The zero-order chi connectivity index (χ0) is 39.5. The molecular formula is C56H32N4O. The summed E-state index contributed by atoms with van der Waals surface area (Å²) >= 11 is 0. The van der Waals surface area contributed by atoms with E-state index in [2.05, 4.69) is 179 Å². The molecule has 5 aromatic heterocycles. The highest BCUT2D eigenvalue weighted by molar-refractivity contribution is 6.37. The molecule has 1 aliphatic carbocycles. The summed E-state index contributed by atoms with van der Waals surface area (Å²) in [5, 5.41) is 12.0. The van der Waals surface area contributed by atoms with E-state index in [9.17, 15) is 0 Å². The summed E-state index contributed by atoms with van der Waals surface area (Å²) in [7, 11) is 0. The minimum Gasteiger partial charge on any atom is -0.456 e. The molecule has 1 aliphatic rings. The lowest BCUT2D eigenvalue weighted by atomic mass is 9.90. The van der Waals surface area contributed by atoms with Crippen LogP contribution in [0.4, 0.5) is 0 Å². The summed E-state index contributed by atoms with van der Waals surface area (Å²) in [6.07, 6.45) is 6.55. The highest BCUT2D eigenvalue weighted by Gasteiger charge is 2.29. The molecule has 15 rings (SSSR count). The number of furan rings is 1. The van der Waals surface area contributed by atoms with Gasteiger partial charge in [0.05, 0.1) is 44.0 Å². The maximum absolute atomic E-state index is 6.72. The molecule has 282 valence electrons. The maximum Gasteiger partial charge on any atom is 0.165 e. The SMILES string of the molecule is C1=Cc2c(c3ccccc3c3nc(-c4ccc(-c5cccc6ccccc56)cc4)c(-n4c5ccc6oc7ccc8c9ccccc9n9c%10cccc4c%10c5c6c7c89)nc23)CC1. The highest BCUT2D eigenvalue weighted by Crippen LogP contribution is 2.49. The molecule has 0 spiro atoms. The predicted molar refractivity (Wildman–Crippen MR) is 253 cm³/mol. The fourth-order valence-corrected chi connectivity index (χ4v) is 11.1. The van der Waals surface area contributed by atoms with Gasteiger partial charge in [-0.3, -0.25) is 4.57 Å². The van der Waals surface area contributed by atoms with Gasteiger partial charge in [0.15, 0.2) is 5.82 Å². The molecule has 14 aromatic rings. The molecule has 0 radical (unpaired) electrons. The molecule has 0 saturated heterocycles. The molecule has 5 nitrogen and oxygen atoms in total. The lowest BCUT2D eigenvalue weighted by Crippen LogP contribution is -2.07. The molecule has 0 saturated carbocycles. The van der Waals surface area contributed by atoms with Gasteiger partial charge in [-0.05, 0) is 88.2 Å². The Kier molecular flexibility index (Phi) is 5.95. The van der Waals surface area contributed by atoms with Crippen molar-refractivity contribution in [1.29, 1.82) is 0 Å². The van der Waals surface area contributed by atoms with E-state index in [0.29, 0.717) is 0 Å². The molecule has 0 amide bonds. The van der Waals surface area contributed by atoms with Gasteiger partial charge in [-0.15, -0.1) is 0 Å². The van der Waals surface area contributed by atoms with Gasteiger partial charge in [-0.1, -0.05) is 127 Å². The molecule has 0 fully saturated rings. The van der Waals surface area contributed by atoms with Crippen molar-refractivity contribution in [2.45, 2.75) is 12.8 Å². The van der Waals surface area contributed by atoms with Crippen molar-refractivity contribution in [2.24, 2.45) is 0 Å². The van der Waals surface area contributed by atoms with E-state index in [1.54, 1.807) is 0 Å². The lowest BCUT2D eigenvalue weighted by Gasteiger charge is -2.20. The van der Waals surface area contributed by atoms with Gasteiger partial charge in [0, 0.05) is 43.4 Å². The number of fused-ring (bicyclic) bond motifs is 11. The Hall–Kier alpha value is -8.02. The Morgan fingerprint density at radius 3 is 2.10 bits per heavy atom. The van der Waals surface area contributed by atoms with E-state index in [4.69, 9.17) is 14.4 Å². The lowest BCUT2D eigenvalue weighted by molar-refractivity contribution is 0.669. The van der Waals surface area contributed by atoms with Gasteiger partial charge >= 0.3 is 0 Å². The van der Waals surface area contributed by atoms with Crippen LogP contribution in [0.25, 0.3) is 138 Å². The molecule has 5 heteroatoms. The first-order chi connectivity index (χ1) is 30.3. The van der Waals surface area contributed by atoms with Crippen LogP contribution in [0.1, 0.15) is 17.5 Å². The van der Waals surface area contributed by atoms with Crippen LogP contribution in [0.5, 0.6) is 0 Å². The van der Waals surface area contributed by atoms with Crippen LogP contribution in [0, 0.1) is 0 Å². The minimum absolute atomic E-state index is 0.814. The first-order valence-electron chi connectivity index (χ1n) is 21.1. The number of allylic oxidation sites excluding steroid dienone is 1. The number of benzene rings is 9. The van der Waals surface area contributed by atoms with Crippen molar-refractivity contribution >= 4 is 110 Å². The Morgan fingerprint density at radius 1 is 0.475 bits per heavy atom. The minimum atomic E-state index is 0.814. The summed E-state index contributed by atoms with van der Waals surface area (Å²) < 4.78 is 11.6. The summed E-state index contributed by atoms with van der Waals surface area (Å²) in [6, 6.07) is 57.2. The summed E-state index contributed by atoms with van der Waals surface area (Å²) in [5.41, 5.74) is 16.1. The van der Waals surface area contributed by atoms with Gasteiger partial charge in [-0.2, -0.15) is 0 Å². The number of hydrogen-bond acceptors (Lipinski definition) is 3. The van der Waals surface area contributed by atoms with Crippen LogP contribution in [0.2, 0.25) is 0 Å². The second kappa shape index (κ2) is 11.4. The average molecular weight is 777 g/mol. The first-order valence-corrected chi connectivity index (χ1v) is 21.1. The zero-order valence-corrected chi connectivity index (χ0v) is 32.8. The fourth-order valence-electron chi connectivity index (χ4n) is 11.1. The number of rotatable bonds is 3. The highest BCUT2D eigenvalue weighted by atomic mass is 16.3. The van der Waals surface area contributed by atoms with Crippen molar-refractivity contribution in [2.75, 3.05) is 0 Å². The fraction of sp³-hybridized carbons (Fsp3) is 0.0357. The van der Waals surface area contributed by atoms with Crippen LogP contribution in [-0.2, 0) is 6.42 Å². The van der Waals surface area contributed by atoms with Crippen LogP contribution >= 0.6 is 0 Å². The van der Waals surface area contributed by atoms with Crippen LogP contribution < -0.4 is 0 Å². The summed E-state index contributed by atoms with van der Waals surface area (Å²) in [6.45, 7) is 0. The largest absolute Gasteiger partial charge is 0.456 e. The molecule has 5 heterocycles. The maximum atomic E-state index is 6.72. The van der Waals surface area contributed by atoms with E-state index in [-0.39, 0.29) is 0 Å². The third-order valence-electron chi connectivity index (χ3n) is 13.7. The molecule has 0 aliphatic heterocycles. The van der Waals surface area contributed by atoms with Crippen molar-refractivity contribution in [3.63, 3.8) is 0 Å². The van der Waals surface area contributed by atoms with E-state index in [0.717, 1.165) is 84.8 Å². The standard InChI is InChI=1S/C56H32N4O/c1-2-13-34-31(11-1)12-9-19-35(34)32-23-25-33(26-24-32)52-56(58-54-40-18-6-4-15-37(40)36-14-3-5-17-39(36)53(54)57-52)60-44-22-10-21-43-48(44)49-45(60)28-30-46-50(49)51-47(61-46)29-27-41-38-16-7-8-20-42(38)59(43)55(41)51/h1-3,5-14,16-30H,4,15H2. The van der Waals surface area contributed by atoms with Gasteiger partial charge in [0.2, 0.25) is 0 Å². The van der Waals surface area contributed by atoms with Crippen molar-refractivity contribution < 1.29 is 4.42 Å². The molecule has 0 bridgehead atoms. The van der Waals surface area contributed by atoms with Gasteiger partial charge in [-0.25, -0.2) is 9.97 Å². The number of nitrogens with zero attached hydrogens (tertiary/aromatic N) is 4. The molecule has 0 atom stereocenters. The third-order valence-corrected chi connectivity index (χ3v) is 13.7. The zero-order valence-electron chi connectivity index (χ0n) is 32.8. The van der Waals surface area contributed by atoms with Crippen molar-refractivity contribution in [3.8, 4) is 28.2 Å². The van der Waals surface area contributed by atoms with Crippen LogP contribution in [-0.4, -0.2) is 18.9 Å². The van der Waals surface area contributed by atoms with Gasteiger partial charge < -0.3 is 8.82 Å². The van der Waals surface area contributed by atoms with Gasteiger partial charge in [0.25, 0.3) is 0 Å². The van der Waals surface area contributed by atoms with Crippen LogP contribution in [0.3, 0.4) is 0 Å². The number of para-hydroxylation sites is 1. The summed E-state index contributed by atoms with van der Waals surface area (Å²) in [4.78, 5) is 11.6. The first kappa shape index (κ1) is 31.9. The second-order valence-electron chi connectivity index (χ2n) is 16.7. The number of hydrogen-bond donors (Lipinski definition) is 0. The average Bonchev–Trinajstić information content (AvgIpc) is 3.95. The molecular weight excluding hydrogens is 745 g/mol. The van der Waals surface area contributed by atoms with E-state index in [1.165, 1.54) is 71.0 Å². The molecule has 0 unspecified atom stereocenters. The Morgan fingerprint density at radius 2 is 1.18 bits per heavy atom. The number of aryl methyl sites for hydroxylation is 1. The predicted octanol–water partition coefficient (Wildman–Crippen LogP) is 14.7. The normalized spacial score (nSPS) is 13.4. The van der Waals surface area contributed by atoms with Crippen molar-refractivity contribution in [1.82, 2.24) is 18.9 Å². The van der Waals surface area contributed by atoms with E-state index in [1.807, 2.05) is 0 Å². The topological polar surface area (TPSA) is 48.3 Å². The van der Waals surface area contributed by atoms with E-state index < -0.39 is 0 Å². The Bertz CT molecular complexity index is 4210. The molecule has 0 N–H and O–H groups in total. The van der Waals surface area contributed by atoms with Crippen molar-refractivity contribution in [3.05, 3.63) is 175 Å². The molecule has 61 heavy (non-hydrogen) atoms. The quantitative estimate of drug-likeness (QED) is 0.168. The monoisotopic (exact) mass is 776 g/mol. The van der Waals surface area contributed by atoms with Gasteiger partial charge in [0.1, 0.15) is 16.9 Å². The smallest absolute Gasteiger partial charge is 0.165 e. The third kappa shape index (κ3) is 4.01. The van der Waals surface area contributed by atoms with Crippen LogP contribution in [0.15, 0.2) is 168 Å². The van der Waals surface area contributed by atoms with E-state index >= 15 is 0 Å².